The Kier molecular flexibility index (Phi) is 3.58. The van der Waals surface area contributed by atoms with E-state index in [0.29, 0.717) is 16.7 Å². The smallest absolute Gasteiger partial charge is 0.354 e. The van der Waals surface area contributed by atoms with Gasteiger partial charge in [-0.05, 0) is 42.0 Å². The van der Waals surface area contributed by atoms with E-state index in [1.54, 1.807) is 36.4 Å². The number of hydrogen-bond donors (Lipinski definition) is 0. The highest BCUT2D eigenvalue weighted by atomic mass is 19.1. The van der Waals surface area contributed by atoms with E-state index in [0.717, 1.165) is 5.56 Å². The molecule has 1 aromatic heterocycles. The van der Waals surface area contributed by atoms with Crippen LogP contribution in [-0.2, 0) is 6.61 Å². The van der Waals surface area contributed by atoms with Crippen LogP contribution >= 0.6 is 0 Å². The van der Waals surface area contributed by atoms with Crippen molar-refractivity contribution in [3.8, 4) is 11.8 Å². The predicted octanol–water partition coefficient (Wildman–Crippen LogP) is 3.38. The van der Waals surface area contributed by atoms with Gasteiger partial charge in [-0.25, -0.2) is 9.18 Å². The maximum atomic E-state index is 12.8. The van der Waals surface area contributed by atoms with Crippen molar-refractivity contribution < 1.29 is 13.5 Å². The molecule has 0 fully saturated rings. The van der Waals surface area contributed by atoms with Crippen LogP contribution < -0.4 is 10.4 Å². The van der Waals surface area contributed by atoms with Crippen molar-refractivity contribution in [3.05, 3.63) is 75.9 Å². The van der Waals surface area contributed by atoms with Gasteiger partial charge in [-0.3, -0.25) is 0 Å². The summed E-state index contributed by atoms with van der Waals surface area (Å²) in [6, 6.07) is 14.2. The van der Waals surface area contributed by atoms with E-state index < -0.39 is 5.63 Å². The lowest BCUT2D eigenvalue weighted by molar-refractivity contribution is 0.306. The third kappa shape index (κ3) is 2.81. The Morgan fingerprint density at radius 2 is 1.91 bits per heavy atom. The molecule has 0 radical (unpaired) electrons. The minimum absolute atomic E-state index is 0.0526. The van der Waals surface area contributed by atoms with Crippen LogP contribution in [-0.4, -0.2) is 0 Å². The Labute approximate surface area is 125 Å². The molecule has 4 nitrogen and oxygen atoms in total. The van der Waals surface area contributed by atoms with Crippen LogP contribution in [0.3, 0.4) is 0 Å². The summed E-state index contributed by atoms with van der Waals surface area (Å²) in [6.45, 7) is 0.285. The van der Waals surface area contributed by atoms with Crippen LogP contribution in [0.25, 0.3) is 11.0 Å². The summed E-state index contributed by atoms with van der Waals surface area (Å²) in [5.74, 6) is 0.267. The first kappa shape index (κ1) is 13.8. The summed E-state index contributed by atoms with van der Waals surface area (Å²) in [5.41, 5.74) is 0.509. The molecular weight excluding hydrogens is 285 g/mol. The van der Waals surface area contributed by atoms with E-state index in [1.165, 1.54) is 18.2 Å². The van der Waals surface area contributed by atoms with Crippen LogP contribution in [0.4, 0.5) is 4.39 Å². The molecule has 0 bridgehead atoms. The molecular formula is C17H10FNO3. The number of hydrogen-bond acceptors (Lipinski definition) is 4. The second-order valence-corrected chi connectivity index (χ2v) is 4.67. The van der Waals surface area contributed by atoms with E-state index in [9.17, 15) is 9.18 Å². The van der Waals surface area contributed by atoms with Crippen molar-refractivity contribution in [2.24, 2.45) is 0 Å². The fourth-order valence-electron chi connectivity index (χ4n) is 2.02. The SMILES string of the molecule is N#Cc1cc2cc(OCc3ccc(F)cc3)ccc2oc1=O. The van der Waals surface area contributed by atoms with Crippen LogP contribution in [0.1, 0.15) is 11.1 Å². The maximum absolute atomic E-state index is 12.8. The van der Waals surface area contributed by atoms with E-state index >= 15 is 0 Å². The first-order chi connectivity index (χ1) is 10.7. The Hall–Kier alpha value is -3.13. The summed E-state index contributed by atoms with van der Waals surface area (Å²) in [7, 11) is 0. The van der Waals surface area contributed by atoms with Gasteiger partial charge < -0.3 is 9.15 Å². The van der Waals surface area contributed by atoms with Gasteiger partial charge in [-0.1, -0.05) is 12.1 Å². The van der Waals surface area contributed by atoms with Gasteiger partial charge >= 0.3 is 5.63 Å². The lowest BCUT2D eigenvalue weighted by atomic mass is 10.2. The summed E-state index contributed by atoms with van der Waals surface area (Å²) in [5, 5.41) is 9.45. The van der Waals surface area contributed by atoms with Crippen molar-refractivity contribution in [2.45, 2.75) is 6.61 Å². The topological polar surface area (TPSA) is 63.2 Å². The first-order valence-corrected chi connectivity index (χ1v) is 6.51. The largest absolute Gasteiger partial charge is 0.489 e. The molecule has 0 aliphatic heterocycles. The third-order valence-electron chi connectivity index (χ3n) is 3.14. The highest BCUT2D eigenvalue weighted by Gasteiger charge is 2.06. The van der Waals surface area contributed by atoms with E-state index in [-0.39, 0.29) is 18.0 Å². The minimum Gasteiger partial charge on any atom is -0.489 e. The second-order valence-electron chi connectivity index (χ2n) is 4.67. The number of nitrogens with zero attached hydrogens (tertiary/aromatic N) is 1. The van der Waals surface area contributed by atoms with Gasteiger partial charge in [0.05, 0.1) is 0 Å². The molecule has 0 spiro atoms. The molecule has 0 amide bonds. The second kappa shape index (κ2) is 5.70. The standard InChI is InChI=1S/C17H10FNO3/c18-14-3-1-11(2-4-14)10-21-15-5-6-16-12(8-15)7-13(9-19)17(20)22-16/h1-8H,10H2. The Balaban J connectivity index is 1.85. The summed E-state index contributed by atoms with van der Waals surface area (Å²) in [6.07, 6.45) is 0. The van der Waals surface area contributed by atoms with Gasteiger partial charge in [0.2, 0.25) is 0 Å². The van der Waals surface area contributed by atoms with Gasteiger partial charge in [0.1, 0.15) is 35.4 Å². The molecule has 0 saturated carbocycles. The molecule has 0 saturated heterocycles. The van der Waals surface area contributed by atoms with Crippen LogP contribution in [0.15, 0.2) is 57.7 Å². The highest BCUT2D eigenvalue weighted by Crippen LogP contribution is 2.21. The molecule has 2 aromatic carbocycles. The summed E-state index contributed by atoms with van der Waals surface area (Å²) >= 11 is 0. The van der Waals surface area contributed by atoms with Gasteiger partial charge in [0.25, 0.3) is 0 Å². The Bertz CT molecular complexity index is 923. The molecule has 3 aromatic rings. The zero-order valence-corrected chi connectivity index (χ0v) is 11.4. The van der Waals surface area contributed by atoms with Crippen molar-refractivity contribution in [2.75, 3.05) is 0 Å². The average Bonchev–Trinajstić information content (AvgIpc) is 2.53. The van der Waals surface area contributed by atoms with E-state index in [4.69, 9.17) is 14.4 Å². The number of nitriles is 1. The maximum Gasteiger partial charge on any atom is 0.354 e. The predicted molar refractivity (Wildman–Crippen MR) is 77.9 cm³/mol. The molecule has 0 aliphatic rings. The normalized spacial score (nSPS) is 10.4. The van der Waals surface area contributed by atoms with Crippen molar-refractivity contribution in [1.29, 1.82) is 5.26 Å². The van der Waals surface area contributed by atoms with Crippen LogP contribution in [0.2, 0.25) is 0 Å². The minimum atomic E-state index is -0.657. The van der Waals surface area contributed by atoms with Crippen LogP contribution in [0, 0.1) is 17.1 Å². The number of rotatable bonds is 3. The molecule has 0 unspecified atom stereocenters. The third-order valence-corrected chi connectivity index (χ3v) is 3.14. The van der Waals surface area contributed by atoms with Crippen molar-refractivity contribution >= 4 is 11.0 Å². The lowest BCUT2D eigenvalue weighted by Gasteiger charge is -2.07. The lowest BCUT2D eigenvalue weighted by Crippen LogP contribution is -2.03. The fourth-order valence-corrected chi connectivity index (χ4v) is 2.02. The number of halogens is 1. The van der Waals surface area contributed by atoms with Gasteiger partial charge in [-0.15, -0.1) is 0 Å². The Morgan fingerprint density at radius 1 is 1.14 bits per heavy atom. The highest BCUT2D eigenvalue weighted by molar-refractivity contribution is 5.79. The van der Waals surface area contributed by atoms with E-state index in [2.05, 4.69) is 0 Å². The van der Waals surface area contributed by atoms with Gasteiger partial charge in [0, 0.05) is 5.39 Å². The molecule has 3 rings (SSSR count). The quantitative estimate of drug-likeness (QED) is 0.695. The number of fused-ring (bicyclic) bond motifs is 1. The van der Waals surface area contributed by atoms with Gasteiger partial charge in [-0.2, -0.15) is 5.26 Å². The molecule has 0 aliphatic carbocycles. The summed E-state index contributed by atoms with van der Waals surface area (Å²) in [4.78, 5) is 11.4. The first-order valence-electron chi connectivity index (χ1n) is 6.51. The monoisotopic (exact) mass is 295 g/mol. The average molecular weight is 295 g/mol. The zero-order chi connectivity index (χ0) is 15.5. The van der Waals surface area contributed by atoms with Gasteiger partial charge in [0.15, 0.2) is 0 Å². The summed E-state index contributed by atoms with van der Waals surface area (Å²) < 4.78 is 23.5. The fraction of sp³-hybridized carbons (Fsp3) is 0.0588. The van der Waals surface area contributed by atoms with Crippen LogP contribution in [0.5, 0.6) is 5.75 Å². The number of benzene rings is 2. The molecule has 5 heteroatoms. The molecule has 0 N–H and O–H groups in total. The number of ether oxygens (including phenoxy) is 1. The van der Waals surface area contributed by atoms with E-state index in [1.807, 2.05) is 0 Å². The van der Waals surface area contributed by atoms with Crippen molar-refractivity contribution in [1.82, 2.24) is 0 Å². The zero-order valence-electron chi connectivity index (χ0n) is 11.4. The molecule has 1 heterocycles. The molecule has 0 atom stereocenters. The molecule has 22 heavy (non-hydrogen) atoms. The Morgan fingerprint density at radius 3 is 2.64 bits per heavy atom. The van der Waals surface area contributed by atoms with Crippen molar-refractivity contribution in [3.63, 3.8) is 0 Å². The molecule has 108 valence electrons.